The average Bonchev–Trinajstić information content (AvgIpc) is 2.95. The summed E-state index contributed by atoms with van der Waals surface area (Å²) in [6.45, 7) is 9.22. The van der Waals surface area contributed by atoms with Crippen molar-refractivity contribution in [1.29, 1.82) is 0 Å². The van der Waals surface area contributed by atoms with Crippen molar-refractivity contribution in [3.8, 4) is 0 Å². The van der Waals surface area contributed by atoms with Gasteiger partial charge in [0.1, 0.15) is 0 Å². The van der Waals surface area contributed by atoms with Gasteiger partial charge in [-0.05, 0) is 52.8 Å². The van der Waals surface area contributed by atoms with Gasteiger partial charge in [0.05, 0.1) is 16.8 Å². The number of anilines is 2. The Morgan fingerprint density at radius 1 is 1.08 bits per heavy atom. The Labute approximate surface area is 155 Å². The summed E-state index contributed by atoms with van der Waals surface area (Å²) in [4.78, 5) is 43.7. The van der Waals surface area contributed by atoms with Gasteiger partial charge in [-0.3, -0.25) is 19.8 Å². The maximum atomic E-state index is 12.6. The number of fused-ring (bicyclic) bond motifs is 1. The van der Waals surface area contributed by atoms with E-state index in [0.29, 0.717) is 21.9 Å². The molecule has 7 nitrogen and oxygen atoms in total. The van der Waals surface area contributed by atoms with Gasteiger partial charge in [-0.2, -0.15) is 0 Å². The minimum atomic E-state index is -0.612. The lowest BCUT2D eigenvalue weighted by Crippen LogP contribution is -2.45. The van der Waals surface area contributed by atoms with Crippen LogP contribution in [-0.2, 0) is 0 Å². The fourth-order valence-electron chi connectivity index (χ4n) is 2.71. The van der Waals surface area contributed by atoms with Gasteiger partial charge in [0.2, 0.25) is 0 Å². The van der Waals surface area contributed by atoms with Crippen LogP contribution in [0.1, 0.15) is 52.1 Å². The first-order valence-electron chi connectivity index (χ1n) is 8.13. The van der Waals surface area contributed by atoms with E-state index in [1.807, 2.05) is 13.8 Å². The summed E-state index contributed by atoms with van der Waals surface area (Å²) in [5.74, 6) is -0.671. The highest BCUT2D eigenvalue weighted by atomic mass is 32.1. The summed E-state index contributed by atoms with van der Waals surface area (Å²) in [6, 6.07) is 4.24. The summed E-state index contributed by atoms with van der Waals surface area (Å²) < 4.78 is 0. The molecule has 1 aliphatic heterocycles. The number of amides is 4. The van der Waals surface area contributed by atoms with Crippen molar-refractivity contribution >= 4 is 40.0 Å². The minimum Gasteiger partial charge on any atom is -0.308 e. The Bertz CT molecular complexity index is 908. The summed E-state index contributed by atoms with van der Waals surface area (Å²) in [7, 11) is 0. The third-order valence-corrected chi connectivity index (χ3v) is 5.05. The summed E-state index contributed by atoms with van der Waals surface area (Å²) in [6.07, 6.45) is 0. The van der Waals surface area contributed by atoms with Crippen molar-refractivity contribution in [2.75, 3.05) is 10.6 Å². The lowest BCUT2D eigenvalue weighted by Gasteiger charge is -2.29. The van der Waals surface area contributed by atoms with Crippen molar-refractivity contribution in [3.63, 3.8) is 0 Å². The monoisotopic (exact) mass is 372 g/mol. The van der Waals surface area contributed by atoms with Crippen molar-refractivity contribution in [3.05, 3.63) is 39.9 Å². The van der Waals surface area contributed by atoms with Crippen molar-refractivity contribution in [1.82, 2.24) is 9.88 Å². The van der Waals surface area contributed by atoms with Gasteiger partial charge in [-0.15, -0.1) is 11.3 Å². The van der Waals surface area contributed by atoms with Gasteiger partial charge in [0.25, 0.3) is 11.8 Å². The molecule has 8 heteroatoms. The molecule has 0 spiro atoms. The number of hydrogen-bond donors (Lipinski definition) is 2. The van der Waals surface area contributed by atoms with E-state index in [9.17, 15) is 14.4 Å². The van der Waals surface area contributed by atoms with Crippen molar-refractivity contribution in [2.45, 2.75) is 40.2 Å². The molecule has 0 saturated heterocycles. The zero-order valence-corrected chi connectivity index (χ0v) is 16.1. The molecule has 1 aromatic heterocycles. The number of aromatic nitrogens is 1. The first-order chi connectivity index (χ1) is 12.1. The number of aryl methyl sites for hydroxylation is 2. The number of imide groups is 1. The van der Waals surface area contributed by atoms with E-state index in [0.717, 1.165) is 10.6 Å². The molecule has 136 valence electrons. The van der Waals surface area contributed by atoms with E-state index < -0.39 is 11.6 Å². The van der Waals surface area contributed by atoms with Crippen LogP contribution >= 0.6 is 11.3 Å². The molecule has 0 fully saturated rings. The lowest BCUT2D eigenvalue weighted by atomic mass is 10.1. The highest BCUT2D eigenvalue weighted by molar-refractivity contribution is 7.15. The van der Waals surface area contributed by atoms with Gasteiger partial charge in [-0.1, -0.05) is 0 Å². The summed E-state index contributed by atoms with van der Waals surface area (Å²) in [5, 5.41) is 5.84. The van der Waals surface area contributed by atoms with Gasteiger partial charge in [0, 0.05) is 16.1 Å². The standard InChI is InChI=1S/C18H20N4O3S/c1-9-10(2)26-17(19-9)21-16(25)20-11-6-7-12-13(8-11)15(24)22(14(12)23)18(3,4)5/h6-8H,1-5H3,(H2,19,20,21,25). The number of nitrogens with one attached hydrogen (secondary N) is 2. The smallest absolute Gasteiger partial charge is 0.308 e. The predicted molar refractivity (Wildman–Crippen MR) is 101 cm³/mol. The van der Waals surface area contributed by atoms with Crippen molar-refractivity contribution in [2.24, 2.45) is 0 Å². The van der Waals surface area contributed by atoms with Crippen LogP contribution in [0.15, 0.2) is 18.2 Å². The second kappa shape index (κ2) is 6.21. The molecule has 0 aliphatic carbocycles. The molecule has 0 atom stereocenters. The predicted octanol–water partition coefficient (Wildman–Crippen LogP) is 3.80. The number of nitrogens with zero attached hydrogens (tertiary/aromatic N) is 2. The Morgan fingerprint density at radius 3 is 2.31 bits per heavy atom. The zero-order chi connectivity index (χ0) is 19.2. The maximum absolute atomic E-state index is 12.6. The summed E-state index contributed by atoms with van der Waals surface area (Å²) >= 11 is 1.39. The molecule has 1 aromatic carbocycles. The number of urea groups is 1. The minimum absolute atomic E-state index is 0.295. The van der Waals surface area contributed by atoms with Gasteiger partial charge < -0.3 is 5.32 Å². The van der Waals surface area contributed by atoms with E-state index in [-0.39, 0.29) is 11.8 Å². The summed E-state index contributed by atoms with van der Waals surface area (Å²) in [5.41, 5.74) is 1.33. The number of benzene rings is 1. The van der Waals surface area contributed by atoms with Crippen LogP contribution in [0, 0.1) is 13.8 Å². The van der Waals surface area contributed by atoms with Gasteiger partial charge in [-0.25, -0.2) is 9.78 Å². The highest BCUT2D eigenvalue weighted by Gasteiger charge is 2.41. The van der Waals surface area contributed by atoms with Gasteiger partial charge >= 0.3 is 6.03 Å². The van der Waals surface area contributed by atoms with Crippen LogP contribution < -0.4 is 10.6 Å². The van der Waals surface area contributed by atoms with E-state index in [1.165, 1.54) is 22.3 Å². The van der Waals surface area contributed by atoms with Crippen LogP contribution in [0.25, 0.3) is 0 Å². The molecule has 2 aromatic rings. The molecule has 26 heavy (non-hydrogen) atoms. The fraction of sp³-hybridized carbons (Fsp3) is 0.333. The molecule has 4 amide bonds. The molecular weight excluding hydrogens is 352 g/mol. The second-order valence-corrected chi connectivity index (χ2v) is 8.32. The molecule has 3 rings (SSSR count). The third kappa shape index (κ3) is 3.20. The number of carbonyl (C=O) groups excluding carboxylic acids is 3. The molecule has 2 N–H and O–H groups in total. The van der Waals surface area contributed by atoms with Gasteiger partial charge in [0.15, 0.2) is 5.13 Å². The number of rotatable bonds is 2. The zero-order valence-electron chi connectivity index (χ0n) is 15.3. The third-order valence-electron chi connectivity index (χ3n) is 4.06. The van der Waals surface area contributed by atoms with Crippen molar-refractivity contribution < 1.29 is 14.4 Å². The number of carbonyl (C=O) groups is 3. The first kappa shape index (κ1) is 18.1. The molecule has 0 unspecified atom stereocenters. The molecule has 0 radical (unpaired) electrons. The first-order valence-corrected chi connectivity index (χ1v) is 8.94. The van der Waals surface area contributed by atoms with Crippen LogP contribution in [0.3, 0.4) is 0 Å². The lowest BCUT2D eigenvalue weighted by molar-refractivity contribution is 0.0507. The SMILES string of the molecule is Cc1nc(NC(=O)Nc2ccc3c(c2)C(=O)N(C(C)(C)C)C3=O)sc1C. The highest BCUT2D eigenvalue weighted by Crippen LogP contribution is 2.31. The molecule has 0 saturated carbocycles. The van der Waals surface area contributed by atoms with Crippen LogP contribution in [0.4, 0.5) is 15.6 Å². The van der Waals surface area contributed by atoms with E-state index >= 15 is 0 Å². The second-order valence-electron chi connectivity index (χ2n) is 7.12. The molecular formula is C18H20N4O3S. The van der Waals surface area contributed by atoms with Crippen LogP contribution in [-0.4, -0.2) is 33.3 Å². The normalized spacial score (nSPS) is 13.8. The topological polar surface area (TPSA) is 91.4 Å². The van der Waals surface area contributed by atoms with E-state index in [1.54, 1.807) is 32.9 Å². The van der Waals surface area contributed by atoms with Crippen LogP contribution in [0.2, 0.25) is 0 Å². The number of hydrogen-bond acceptors (Lipinski definition) is 5. The fourth-order valence-corrected chi connectivity index (χ4v) is 3.52. The van der Waals surface area contributed by atoms with Crippen LogP contribution in [0.5, 0.6) is 0 Å². The molecule has 0 bridgehead atoms. The molecule has 2 heterocycles. The Kier molecular flexibility index (Phi) is 4.31. The average molecular weight is 372 g/mol. The largest absolute Gasteiger partial charge is 0.325 e. The Morgan fingerprint density at radius 2 is 1.73 bits per heavy atom. The Balaban J connectivity index is 1.78. The quantitative estimate of drug-likeness (QED) is 0.785. The number of thiazole rings is 1. The van der Waals surface area contributed by atoms with E-state index in [4.69, 9.17) is 0 Å². The Hall–Kier alpha value is -2.74. The van der Waals surface area contributed by atoms with E-state index in [2.05, 4.69) is 15.6 Å². The maximum Gasteiger partial charge on any atom is 0.325 e. The molecule has 1 aliphatic rings.